The SMILES string of the molecule is CCCC[Si@H](c1ccccc1)C(C)(C)C. The Labute approximate surface area is 96.3 Å². The second-order valence-corrected chi connectivity index (χ2v) is 9.55. The zero-order chi connectivity index (χ0) is 11.3. The van der Waals surface area contributed by atoms with Gasteiger partial charge in [-0.05, 0) is 5.04 Å². The highest BCUT2D eigenvalue weighted by molar-refractivity contribution is 6.75. The molecule has 0 unspecified atom stereocenters. The van der Waals surface area contributed by atoms with Crippen molar-refractivity contribution in [1.29, 1.82) is 0 Å². The normalized spacial score (nSPS) is 13.9. The molecular formula is C14H24Si. The lowest BCUT2D eigenvalue weighted by atomic mass is 10.2. The standard InChI is InChI=1S/C14H24Si/c1-5-6-12-15(14(2,3)4)13-10-8-7-9-11-13/h7-11,15H,5-6,12H2,1-4H3/t15-/m1/s1. The molecule has 0 aliphatic heterocycles. The Balaban J connectivity index is 2.82. The lowest BCUT2D eigenvalue weighted by Gasteiger charge is -2.29. The smallest absolute Gasteiger partial charge is 0.0654 e. The number of rotatable bonds is 4. The van der Waals surface area contributed by atoms with Gasteiger partial charge < -0.3 is 0 Å². The Morgan fingerprint density at radius 2 is 1.67 bits per heavy atom. The molecule has 84 valence electrons. The summed E-state index contributed by atoms with van der Waals surface area (Å²) in [6, 6.07) is 12.6. The topological polar surface area (TPSA) is 0 Å². The second kappa shape index (κ2) is 5.50. The highest BCUT2D eigenvalue weighted by Gasteiger charge is 2.26. The van der Waals surface area contributed by atoms with Crippen molar-refractivity contribution < 1.29 is 0 Å². The van der Waals surface area contributed by atoms with Crippen LogP contribution in [0.5, 0.6) is 0 Å². The first-order valence-electron chi connectivity index (χ1n) is 6.10. The molecule has 1 atom stereocenters. The second-order valence-electron chi connectivity index (χ2n) is 5.47. The van der Waals surface area contributed by atoms with Crippen molar-refractivity contribution in [2.45, 2.75) is 51.6 Å². The van der Waals surface area contributed by atoms with Crippen molar-refractivity contribution in [1.82, 2.24) is 0 Å². The predicted molar refractivity (Wildman–Crippen MR) is 72.7 cm³/mol. The highest BCUT2D eigenvalue weighted by atomic mass is 28.3. The molecule has 1 aromatic rings. The predicted octanol–water partition coefficient (Wildman–Crippen LogP) is 3.72. The van der Waals surface area contributed by atoms with Gasteiger partial charge in [-0.2, -0.15) is 0 Å². The van der Waals surface area contributed by atoms with Crippen molar-refractivity contribution in [3.63, 3.8) is 0 Å². The van der Waals surface area contributed by atoms with Crippen LogP contribution in [0.15, 0.2) is 30.3 Å². The molecule has 15 heavy (non-hydrogen) atoms. The molecule has 0 saturated carbocycles. The molecule has 0 nitrogen and oxygen atoms in total. The molecule has 1 aromatic carbocycles. The summed E-state index contributed by atoms with van der Waals surface area (Å²) in [6.07, 6.45) is 2.72. The minimum Gasteiger partial charge on any atom is -0.0654 e. The number of hydrogen-bond donors (Lipinski definition) is 0. The van der Waals surface area contributed by atoms with Crippen molar-refractivity contribution in [2.24, 2.45) is 0 Å². The molecule has 0 heterocycles. The van der Waals surface area contributed by atoms with E-state index in [9.17, 15) is 0 Å². The van der Waals surface area contributed by atoms with Gasteiger partial charge in [0.25, 0.3) is 0 Å². The first-order chi connectivity index (χ1) is 7.05. The van der Waals surface area contributed by atoms with Crippen molar-refractivity contribution in [3.8, 4) is 0 Å². The fraction of sp³-hybridized carbons (Fsp3) is 0.571. The van der Waals surface area contributed by atoms with E-state index in [0.717, 1.165) is 0 Å². The Hall–Kier alpha value is -0.563. The van der Waals surface area contributed by atoms with Crippen LogP contribution in [-0.4, -0.2) is 8.80 Å². The first kappa shape index (κ1) is 12.5. The first-order valence-corrected chi connectivity index (χ1v) is 8.07. The van der Waals surface area contributed by atoms with Crippen molar-refractivity contribution in [3.05, 3.63) is 30.3 Å². The molecule has 0 spiro atoms. The minimum atomic E-state index is -0.798. The summed E-state index contributed by atoms with van der Waals surface area (Å²) in [4.78, 5) is 0. The number of hydrogen-bond acceptors (Lipinski definition) is 0. The van der Waals surface area contributed by atoms with Gasteiger partial charge in [-0.3, -0.25) is 0 Å². The Bertz CT molecular complexity index is 271. The van der Waals surface area contributed by atoms with E-state index in [1.807, 2.05) is 0 Å². The average Bonchev–Trinajstić information content (AvgIpc) is 2.18. The maximum atomic E-state index is 2.41. The average molecular weight is 220 g/mol. The molecule has 0 amide bonds. The Morgan fingerprint density at radius 1 is 1.07 bits per heavy atom. The molecule has 0 bridgehead atoms. The molecule has 0 saturated heterocycles. The van der Waals surface area contributed by atoms with Crippen LogP contribution < -0.4 is 5.19 Å². The van der Waals surface area contributed by atoms with Gasteiger partial charge >= 0.3 is 0 Å². The summed E-state index contributed by atoms with van der Waals surface area (Å²) in [6.45, 7) is 9.52. The molecule has 0 radical (unpaired) electrons. The zero-order valence-electron chi connectivity index (χ0n) is 10.6. The quantitative estimate of drug-likeness (QED) is 0.678. The Morgan fingerprint density at radius 3 is 2.13 bits per heavy atom. The summed E-state index contributed by atoms with van der Waals surface area (Å²) in [5, 5.41) is 2.15. The van der Waals surface area contributed by atoms with Crippen LogP contribution in [0, 0.1) is 0 Å². The third-order valence-corrected chi connectivity index (χ3v) is 7.36. The van der Waals surface area contributed by atoms with Crippen LogP contribution >= 0.6 is 0 Å². The van der Waals surface area contributed by atoms with E-state index in [-0.39, 0.29) is 0 Å². The largest absolute Gasteiger partial charge is 0.0761 e. The van der Waals surface area contributed by atoms with Gasteiger partial charge in [-0.15, -0.1) is 0 Å². The van der Waals surface area contributed by atoms with Gasteiger partial charge in [0, 0.05) is 0 Å². The summed E-state index contributed by atoms with van der Waals surface area (Å²) in [5.41, 5.74) is 0. The minimum absolute atomic E-state index is 0.510. The van der Waals surface area contributed by atoms with Crippen LogP contribution in [0.25, 0.3) is 0 Å². The van der Waals surface area contributed by atoms with Crippen LogP contribution in [-0.2, 0) is 0 Å². The van der Waals surface area contributed by atoms with E-state index < -0.39 is 8.80 Å². The molecule has 0 fully saturated rings. The van der Waals surface area contributed by atoms with Gasteiger partial charge in [0.05, 0.1) is 8.80 Å². The van der Waals surface area contributed by atoms with Crippen molar-refractivity contribution in [2.75, 3.05) is 0 Å². The maximum Gasteiger partial charge on any atom is 0.0761 e. The van der Waals surface area contributed by atoms with Gasteiger partial charge in [0.2, 0.25) is 0 Å². The van der Waals surface area contributed by atoms with E-state index in [1.54, 1.807) is 5.19 Å². The summed E-state index contributed by atoms with van der Waals surface area (Å²) in [5.74, 6) is 0. The van der Waals surface area contributed by atoms with E-state index in [0.29, 0.717) is 5.04 Å². The van der Waals surface area contributed by atoms with Gasteiger partial charge in [0.15, 0.2) is 0 Å². The fourth-order valence-electron chi connectivity index (χ4n) is 2.19. The van der Waals surface area contributed by atoms with Gasteiger partial charge in [0.1, 0.15) is 0 Å². The van der Waals surface area contributed by atoms with E-state index in [2.05, 4.69) is 58.0 Å². The summed E-state index contributed by atoms with van der Waals surface area (Å²) in [7, 11) is -0.798. The zero-order valence-corrected chi connectivity index (χ0v) is 11.7. The van der Waals surface area contributed by atoms with E-state index >= 15 is 0 Å². The van der Waals surface area contributed by atoms with Crippen LogP contribution in [0.1, 0.15) is 40.5 Å². The highest BCUT2D eigenvalue weighted by Crippen LogP contribution is 2.30. The molecule has 0 aliphatic carbocycles. The van der Waals surface area contributed by atoms with E-state index in [4.69, 9.17) is 0 Å². The van der Waals surface area contributed by atoms with Crippen LogP contribution in [0.3, 0.4) is 0 Å². The van der Waals surface area contributed by atoms with Crippen molar-refractivity contribution >= 4 is 14.0 Å². The third-order valence-electron chi connectivity index (χ3n) is 3.09. The molecule has 0 aromatic heterocycles. The molecular weight excluding hydrogens is 196 g/mol. The van der Waals surface area contributed by atoms with Gasteiger partial charge in [-0.1, -0.05) is 82.1 Å². The monoisotopic (exact) mass is 220 g/mol. The molecule has 0 N–H and O–H groups in total. The molecule has 1 heteroatoms. The van der Waals surface area contributed by atoms with E-state index in [1.165, 1.54) is 18.9 Å². The molecule has 1 rings (SSSR count). The number of benzene rings is 1. The summed E-state index contributed by atoms with van der Waals surface area (Å²) >= 11 is 0. The number of unbranched alkanes of at least 4 members (excludes halogenated alkanes) is 1. The third kappa shape index (κ3) is 3.82. The van der Waals surface area contributed by atoms with Gasteiger partial charge in [-0.25, -0.2) is 0 Å². The lowest BCUT2D eigenvalue weighted by molar-refractivity contribution is 0.727. The summed E-state index contributed by atoms with van der Waals surface area (Å²) < 4.78 is 0. The fourth-order valence-corrected chi connectivity index (χ4v) is 5.90. The lowest BCUT2D eigenvalue weighted by Crippen LogP contribution is -2.38. The van der Waals surface area contributed by atoms with Crippen LogP contribution in [0.2, 0.25) is 11.1 Å². The van der Waals surface area contributed by atoms with Crippen LogP contribution in [0.4, 0.5) is 0 Å². The molecule has 0 aliphatic rings. The Kier molecular flexibility index (Phi) is 4.59. The maximum absolute atomic E-state index is 2.41.